The van der Waals surface area contributed by atoms with Crippen LogP contribution in [-0.4, -0.2) is 38.7 Å². The second-order valence-corrected chi connectivity index (χ2v) is 9.43. The summed E-state index contributed by atoms with van der Waals surface area (Å²) >= 11 is 2.81. The Hall–Kier alpha value is -3.18. The van der Waals surface area contributed by atoms with Crippen molar-refractivity contribution in [1.29, 1.82) is 0 Å². The summed E-state index contributed by atoms with van der Waals surface area (Å²) in [7, 11) is 0. The molecule has 0 radical (unpaired) electrons. The molecule has 0 aliphatic carbocycles. The lowest BCUT2D eigenvalue weighted by molar-refractivity contribution is -0.118. The Morgan fingerprint density at radius 3 is 3.00 bits per heavy atom. The molecule has 2 amide bonds. The summed E-state index contributed by atoms with van der Waals surface area (Å²) in [4.78, 5) is 45.8. The topological polar surface area (TPSA) is 115 Å². The van der Waals surface area contributed by atoms with E-state index in [-0.39, 0.29) is 36.4 Å². The highest BCUT2D eigenvalue weighted by Gasteiger charge is 2.29. The van der Waals surface area contributed by atoms with Crippen molar-refractivity contribution in [2.24, 2.45) is 0 Å². The number of amides is 2. The summed E-state index contributed by atoms with van der Waals surface area (Å²) in [5.41, 5.74) is 3.33. The first-order valence-corrected chi connectivity index (χ1v) is 11.8. The smallest absolute Gasteiger partial charge is 0.262 e. The Bertz CT molecular complexity index is 1320. The zero-order chi connectivity index (χ0) is 22.4. The first-order valence-electron chi connectivity index (χ1n) is 9.94. The molecule has 1 aromatic carbocycles. The van der Waals surface area contributed by atoms with Crippen LogP contribution in [0, 0.1) is 13.8 Å². The van der Waals surface area contributed by atoms with Crippen LogP contribution in [0.4, 0.5) is 10.8 Å². The maximum atomic E-state index is 12.7. The van der Waals surface area contributed by atoms with E-state index in [1.54, 1.807) is 23.6 Å². The summed E-state index contributed by atoms with van der Waals surface area (Å²) in [5, 5.41) is 8.58. The van der Waals surface area contributed by atoms with Crippen LogP contribution < -0.4 is 20.9 Å². The minimum atomic E-state index is -0.238. The molecule has 4 heterocycles. The fourth-order valence-electron chi connectivity index (χ4n) is 3.61. The molecule has 11 heteroatoms. The van der Waals surface area contributed by atoms with E-state index in [2.05, 4.69) is 20.6 Å². The van der Waals surface area contributed by atoms with Gasteiger partial charge in [0.25, 0.3) is 11.5 Å². The summed E-state index contributed by atoms with van der Waals surface area (Å²) in [6.45, 7) is 3.58. The van der Waals surface area contributed by atoms with Crippen molar-refractivity contribution in [1.82, 2.24) is 14.5 Å². The zero-order valence-electron chi connectivity index (χ0n) is 17.3. The number of carbonyl (C=O) groups excluding carboxylic acids is 2. The molecule has 1 atom stereocenters. The van der Waals surface area contributed by atoms with Gasteiger partial charge in [0.2, 0.25) is 5.91 Å². The monoisotopic (exact) mass is 469 g/mol. The summed E-state index contributed by atoms with van der Waals surface area (Å²) in [6, 6.07) is 5.20. The van der Waals surface area contributed by atoms with E-state index in [1.807, 2.05) is 18.4 Å². The maximum absolute atomic E-state index is 12.7. The van der Waals surface area contributed by atoms with E-state index in [1.165, 1.54) is 23.1 Å². The van der Waals surface area contributed by atoms with Gasteiger partial charge in [0, 0.05) is 34.4 Å². The van der Waals surface area contributed by atoms with Crippen LogP contribution in [0.5, 0.6) is 5.75 Å². The molecule has 2 aromatic heterocycles. The number of anilines is 2. The van der Waals surface area contributed by atoms with Gasteiger partial charge in [-0.25, -0.2) is 9.97 Å². The SMILES string of the molecule is Cc1nc2n(c(=O)c1C)C(CC(=O)Nc1nc(-c3ccc4c(c3)NC(=O)CO4)cs1)CS2. The molecule has 0 spiro atoms. The lowest BCUT2D eigenvalue weighted by atomic mass is 10.1. The van der Waals surface area contributed by atoms with Crippen molar-refractivity contribution in [2.45, 2.75) is 31.5 Å². The van der Waals surface area contributed by atoms with Gasteiger partial charge in [-0.1, -0.05) is 11.8 Å². The van der Waals surface area contributed by atoms with Gasteiger partial charge in [-0.3, -0.25) is 19.0 Å². The fourth-order valence-corrected chi connectivity index (χ4v) is 5.53. The highest BCUT2D eigenvalue weighted by molar-refractivity contribution is 7.99. The van der Waals surface area contributed by atoms with Crippen molar-refractivity contribution in [3.05, 3.63) is 45.2 Å². The van der Waals surface area contributed by atoms with Crippen molar-refractivity contribution in [2.75, 3.05) is 23.0 Å². The number of ether oxygens (including phenoxy) is 1. The minimum Gasteiger partial charge on any atom is -0.482 e. The molecule has 1 unspecified atom stereocenters. The third kappa shape index (κ3) is 3.78. The summed E-state index contributed by atoms with van der Waals surface area (Å²) < 4.78 is 7.01. The van der Waals surface area contributed by atoms with Crippen LogP contribution in [0.1, 0.15) is 23.7 Å². The van der Waals surface area contributed by atoms with E-state index >= 15 is 0 Å². The van der Waals surface area contributed by atoms with Crippen molar-refractivity contribution >= 4 is 45.7 Å². The average molecular weight is 470 g/mol. The molecule has 2 aliphatic rings. The van der Waals surface area contributed by atoms with Gasteiger partial charge in [0.05, 0.1) is 17.4 Å². The van der Waals surface area contributed by atoms with Crippen LogP contribution in [0.25, 0.3) is 11.3 Å². The van der Waals surface area contributed by atoms with Crippen LogP contribution in [0.3, 0.4) is 0 Å². The number of hydrogen-bond donors (Lipinski definition) is 2. The number of carbonyl (C=O) groups is 2. The van der Waals surface area contributed by atoms with E-state index in [0.29, 0.717) is 38.7 Å². The normalized spacial score (nSPS) is 16.7. The van der Waals surface area contributed by atoms with Gasteiger partial charge in [0.1, 0.15) is 5.75 Å². The molecule has 32 heavy (non-hydrogen) atoms. The first-order chi connectivity index (χ1) is 15.4. The van der Waals surface area contributed by atoms with E-state index in [0.717, 1.165) is 11.3 Å². The molecule has 9 nitrogen and oxygen atoms in total. The lowest BCUT2D eigenvalue weighted by Crippen LogP contribution is -2.29. The maximum Gasteiger partial charge on any atom is 0.262 e. The van der Waals surface area contributed by atoms with Gasteiger partial charge in [0.15, 0.2) is 16.9 Å². The Morgan fingerprint density at radius 1 is 1.31 bits per heavy atom. The molecule has 0 fully saturated rings. The molecular formula is C21H19N5O4S2. The Kier molecular flexibility index (Phi) is 5.22. The Balaban J connectivity index is 1.29. The average Bonchev–Trinajstić information content (AvgIpc) is 3.38. The molecule has 164 valence electrons. The van der Waals surface area contributed by atoms with Crippen molar-refractivity contribution in [3.63, 3.8) is 0 Å². The lowest BCUT2D eigenvalue weighted by Gasteiger charge is -2.18. The van der Waals surface area contributed by atoms with E-state index < -0.39 is 0 Å². The summed E-state index contributed by atoms with van der Waals surface area (Å²) in [6.07, 6.45) is 0.168. The minimum absolute atomic E-state index is 0.00453. The first kappa shape index (κ1) is 20.7. The largest absolute Gasteiger partial charge is 0.482 e. The second-order valence-electron chi connectivity index (χ2n) is 7.58. The number of aryl methyl sites for hydroxylation is 1. The molecule has 0 bridgehead atoms. The highest BCUT2D eigenvalue weighted by Crippen LogP contribution is 2.35. The highest BCUT2D eigenvalue weighted by atomic mass is 32.2. The van der Waals surface area contributed by atoms with E-state index in [4.69, 9.17) is 4.74 Å². The van der Waals surface area contributed by atoms with Crippen LogP contribution in [0.15, 0.2) is 33.5 Å². The number of aromatic nitrogens is 3. The number of nitrogens with one attached hydrogen (secondary N) is 2. The quantitative estimate of drug-likeness (QED) is 0.565. The Morgan fingerprint density at radius 2 is 2.16 bits per heavy atom. The number of nitrogens with zero attached hydrogens (tertiary/aromatic N) is 3. The van der Waals surface area contributed by atoms with Crippen molar-refractivity contribution in [3.8, 4) is 17.0 Å². The molecular weight excluding hydrogens is 450 g/mol. The molecule has 0 saturated carbocycles. The predicted molar refractivity (Wildman–Crippen MR) is 123 cm³/mol. The van der Waals surface area contributed by atoms with Crippen LogP contribution in [0.2, 0.25) is 0 Å². The third-order valence-electron chi connectivity index (χ3n) is 5.40. The second kappa shape index (κ2) is 8.06. The van der Waals surface area contributed by atoms with Crippen molar-refractivity contribution < 1.29 is 14.3 Å². The predicted octanol–water partition coefficient (Wildman–Crippen LogP) is 2.99. The molecule has 3 aromatic rings. The number of thioether (sulfide) groups is 1. The van der Waals surface area contributed by atoms with Gasteiger partial charge >= 0.3 is 0 Å². The standard InChI is InChI=1S/C21H19N5O4S2/c1-10-11(2)22-21-26(19(10)29)13(8-32-21)6-17(27)25-20-24-15(9-31-20)12-3-4-16-14(5-12)23-18(28)7-30-16/h3-5,9,13H,6-8H2,1-2H3,(H,23,28)(H,24,25,27). The molecule has 0 saturated heterocycles. The van der Waals surface area contributed by atoms with Gasteiger partial charge < -0.3 is 15.4 Å². The molecule has 2 aliphatic heterocycles. The zero-order valence-corrected chi connectivity index (χ0v) is 18.9. The number of thiazole rings is 1. The van der Waals surface area contributed by atoms with Gasteiger partial charge in [-0.15, -0.1) is 11.3 Å². The third-order valence-corrected chi connectivity index (χ3v) is 7.26. The number of hydrogen-bond acceptors (Lipinski definition) is 8. The van der Waals surface area contributed by atoms with Crippen LogP contribution in [-0.2, 0) is 9.59 Å². The fraction of sp³-hybridized carbons (Fsp3) is 0.286. The van der Waals surface area contributed by atoms with Gasteiger partial charge in [-0.2, -0.15) is 0 Å². The van der Waals surface area contributed by atoms with Crippen LogP contribution >= 0.6 is 23.1 Å². The summed E-state index contributed by atoms with van der Waals surface area (Å²) in [5.74, 6) is 0.833. The van der Waals surface area contributed by atoms with E-state index in [9.17, 15) is 14.4 Å². The Labute approximate surface area is 191 Å². The molecule has 2 N–H and O–H groups in total. The number of fused-ring (bicyclic) bond motifs is 2. The number of rotatable bonds is 4. The van der Waals surface area contributed by atoms with Gasteiger partial charge in [-0.05, 0) is 32.0 Å². The molecule has 5 rings (SSSR count). The number of benzene rings is 1.